The van der Waals surface area contributed by atoms with Crippen LogP contribution in [0.5, 0.6) is 0 Å². The number of carbonyl (C=O) groups is 1. The number of benzene rings is 1. The number of carbonyl (C=O) groups excluding carboxylic acids is 1. The molecule has 0 aliphatic rings. The average molecular weight is 316 g/mol. The SMILES string of the molecule is CC(=O)Nc1ccc(C(O)(c2cncn2C)C(C)N(C)C)cc1. The Morgan fingerprint density at radius 1 is 1.35 bits per heavy atom. The molecular formula is C17H24N4O2. The van der Waals surface area contributed by atoms with Crippen LogP contribution in [0.2, 0.25) is 0 Å². The molecule has 0 spiro atoms. The minimum Gasteiger partial charge on any atom is -0.377 e. The topological polar surface area (TPSA) is 70.4 Å². The Bertz CT molecular complexity index is 678. The molecule has 0 bridgehead atoms. The first kappa shape index (κ1) is 17.2. The van der Waals surface area contributed by atoms with Crippen molar-refractivity contribution in [1.82, 2.24) is 14.5 Å². The van der Waals surface area contributed by atoms with Crippen LogP contribution in [0.3, 0.4) is 0 Å². The number of hydrogen-bond donors (Lipinski definition) is 2. The van der Waals surface area contributed by atoms with Gasteiger partial charge in [0, 0.05) is 25.7 Å². The fraction of sp³-hybridized carbons (Fsp3) is 0.412. The molecule has 1 amide bonds. The van der Waals surface area contributed by atoms with Gasteiger partial charge in [-0.3, -0.25) is 4.79 Å². The summed E-state index contributed by atoms with van der Waals surface area (Å²) >= 11 is 0. The van der Waals surface area contributed by atoms with Crippen molar-refractivity contribution in [3.05, 3.63) is 48.0 Å². The maximum atomic E-state index is 11.5. The molecule has 2 rings (SSSR count). The van der Waals surface area contributed by atoms with Gasteiger partial charge in [0.25, 0.3) is 0 Å². The third-order valence-electron chi connectivity index (χ3n) is 4.23. The van der Waals surface area contributed by atoms with Gasteiger partial charge >= 0.3 is 0 Å². The van der Waals surface area contributed by atoms with Crippen molar-refractivity contribution in [1.29, 1.82) is 0 Å². The molecular weight excluding hydrogens is 292 g/mol. The quantitative estimate of drug-likeness (QED) is 0.878. The van der Waals surface area contributed by atoms with Crippen molar-refractivity contribution in [2.45, 2.75) is 25.5 Å². The van der Waals surface area contributed by atoms with Crippen LogP contribution in [-0.2, 0) is 17.4 Å². The second-order valence-electron chi connectivity index (χ2n) is 6.05. The number of aryl methyl sites for hydroxylation is 1. The monoisotopic (exact) mass is 316 g/mol. The van der Waals surface area contributed by atoms with Gasteiger partial charge in [0.1, 0.15) is 5.60 Å². The molecule has 124 valence electrons. The van der Waals surface area contributed by atoms with E-state index in [2.05, 4.69) is 10.3 Å². The molecule has 0 saturated carbocycles. The van der Waals surface area contributed by atoms with Crippen molar-refractivity contribution >= 4 is 11.6 Å². The van der Waals surface area contributed by atoms with E-state index in [1.165, 1.54) is 6.92 Å². The average Bonchev–Trinajstić information content (AvgIpc) is 2.92. The number of nitrogens with zero attached hydrogens (tertiary/aromatic N) is 3. The van der Waals surface area contributed by atoms with Gasteiger partial charge in [-0.15, -0.1) is 0 Å². The lowest BCUT2D eigenvalue weighted by Crippen LogP contribution is -2.47. The minimum absolute atomic E-state index is 0.124. The zero-order valence-electron chi connectivity index (χ0n) is 14.2. The fourth-order valence-corrected chi connectivity index (χ4v) is 2.71. The predicted octanol–water partition coefficient (Wildman–Crippen LogP) is 1.56. The number of rotatable bonds is 5. The van der Waals surface area contributed by atoms with Crippen LogP contribution in [0.15, 0.2) is 36.8 Å². The maximum absolute atomic E-state index is 11.5. The zero-order chi connectivity index (χ0) is 17.2. The van der Waals surface area contributed by atoms with Gasteiger partial charge < -0.3 is 19.9 Å². The molecule has 0 fully saturated rings. The van der Waals surface area contributed by atoms with Crippen molar-refractivity contribution in [3.8, 4) is 0 Å². The van der Waals surface area contributed by atoms with Gasteiger partial charge in [0.15, 0.2) is 0 Å². The molecule has 2 unspecified atom stereocenters. The first-order valence-corrected chi connectivity index (χ1v) is 7.50. The van der Waals surface area contributed by atoms with Gasteiger partial charge in [-0.1, -0.05) is 12.1 Å². The number of anilines is 1. The van der Waals surface area contributed by atoms with Crippen molar-refractivity contribution in [2.75, 3.05) is 19.4 Å². The molecule has 23 heavy (non-hydrogen) atoms. The van der Waals surface area contributed by atoms with Crippen LogP contribution < -0.4 is 5.32 Å². The lowest BCUT2D eigenvalue weighted by atomic mass is 9.83. The third-order valence-corrected chi connectivity index (χ3v) is 4.23. The van der Waals surface area contributed by atoms with Crippen LogP contribution in [0, 0.1) is 0 Å². The summed E-state index contributed by atoms with van der Waals surface area (Å²) in [6.45, 7) is 3.43. The van der Waals surface area contributed by atoms with Crippen LogP contribution in [-0.4, -0.2) is 45.6 Å². The summed E-state index contributed by atoms with van der Waals surface area (Å²) in [6.07, 6.45) is 3.36. The molecule has 2 atom stereocenters. The fourth-order valence-electron chi connectivity index (χ4n) is 2.71. The van der Waals surface area contributed by atoms with Gasteiger partial charge in [0.05, 0.1) is 18.2 Å². The number of imidazole rings is 1. The summed E-state index contributed by atoms with van der Waals surface area (Å²) in [6, 6.07) is 7.07. The number of aromatic nitrogens is 2. The normalized spacial score (nSPS) is 15.3. The van der Waals surface area contributed by atoms with E-state index >= 15 is 0 Å². The number of nitrogens with one attached hydrogen (secondary N) is 1. The summed E-state index contributed by atoms with van der Waals surface area (Å²) in [4.78, 5) is 17.3. The Balaban J connectivity index is 2.50. The molecule has 0 aliphatic carbocycles. The smallest absolute Gasteiger partial charge is 0.221 e. The van der Waals surface area contributed by atoms with Crippen LogP contribution >= 0.6 is 0 Å². The number of likely N-dealkylation sites (N-methyl/N-ethyl adjacent to an activating group) is 1. The standard InChI is InChI=1S/C17H24N4O2/c1-12(20(3)4)17(23,16-10-18-11-21(16)5)14-6-8-15(9-7-14)19-13(2)22/h6-12,23H,1-5H3,(H,19,22). The van der Waals surface area contributed by atoms with E-state index in [-0.39, 0.29) is 11.9 Å². The Labute approximate surface area is 136 Å². The van der Waals surface area contributed by atoms with E-state index < -0.39 is 5.60 Å². The van der Waals surface area contributed by atoms with E-state index in [0.29, 0.717) is 11.4 Å². The maximum Gasteiger partial charge on any atom is 0.221 e. The molecule has 0 radical (unpaired) electrons. The van der Waals surface area contributed by atoms with Crippen LogP contribution in [0.4, 0.5) is 5.69 Å². The third kappa shape index (κ3) is 3.28. The van der Waals surface area contributed by atoms with E-state index in [9.17, 15) is 9.90 Å². The van der Waals surface area contributed by atoms with Gasteiger partial charge in [-0.25, -0.2) is 4.98 Å². The van der Waals surface area contributed by atoms with Crippen LogP contribution in [0.25, 0.3) is 0 Å². The Hall–Kier alpha value is -2.18. The van der Waals surface area contributed by atoms with E-state index in [0.717, 1.165) is 5.56 Å². The summed E-state index contributed by atoms with van der Waals surface area (Å²) in [7, 11) is 5.72. The van der Waals surface area contributed by atoms with E-state index in [1.807, 2.05) is 49.7 Å². The zero-order valence-corrected chi connectivity index (χ0v) is 14.2. The predicted molar refractivity (Wildman–Crippen MR) is 90.1 cm³/mol. The van der Waals surface area contributed by atoms with E-state index in [1.54, 1.807) is 24.7 Å². The molecule has 2 aromatic rings. The van der Waals surface area contributed by atoms with Crippen molar-refractivity contribution in [2.24, 2.45) is 7.05 Å². The Kier molecular flexibility index (Phi) is 4.87. The number of amides is 1. The first-order valence-electron chi connectivity index (χ1n) is 7.50. The summed E-state index contributed by atoms with van der Waals surface area (Å²) in [5.74, 6) is -0.124. The molecule has 0 saturated heterocycles. The lowest BCUT2D eigenvalue weighted by molar-refractivity contribution is -0.114. The summed E-state index contributed by atoms with van der Waals surface area (Å²) < 4.78 is 1.82. The Morgan fingerprint density at radius 3 is 2.39 bits per heavy atom. The summed E-state index contributed by atoms with van der Waals surface area (Å²) in [5.41, 5.74) is 0.942. The molecule has 6 nitrogen and oxygen atoms in total. The van der Waals surface area contributed by atoms with Gasteiger partial charge in [-0.2, -0.15) is 0 Å². The highest BCUT2D eigenvalue weighted by molar-refractivity contribution is 5.88. The van der Waals surface area contributed by atoms with E-state index in [4.69, 9.17) is 0 Å². The molecule has 1 aromatic heterocycles. The highest BCUT2D eigenvalue weighted by Crippen LogP contribution is 2.35. The largest absolute Gasteiger partial charge is 0.377 e. The number of hydrogen-bond acceptors (Lipinski definition) is 4. The molecule has 2 N–H and O–H groups in total. The van der Waals surface area contributed by atoms with Crippen molar-refractivity contribution in [3.63, 3.8) is 0 Å². The van der Waals surface area contributed by atoms with Crippen molar-refractivity contribution < 1.29 is 9.90 Å². The van der Waals surface area contributed by atoms with Gasteiger partial charge in [0.2, 0.25) is 5.91 Å². The summed E-state index contributed by atoms with van der Waals surface area (Å²) in [5, 5.41) is 14.3. The molecule has 6 heteroatoms. The lowest BCUT2D eigenvalue weighted by Gasteiger charge is -2.38. The minimum atomic E-state index is -1.22. The second kappa shape index (κ2) is 6.52. The molecule has 0 aliphatic heterocycles. The highest BCUT2D eigenvalue weighted by Gasteiger charge is 2.41. The Morgan fingerprint density at radius 2 is 1.96 bits per heavy atom. The van der Waals surface area contributed by atoms with Crippen LogP contribution in [0.1, 0.15) is 25.1 Å². The number of aliphatic hydroxyl groups is 1. The van der Waals surface area contributed by atoms with Gasteiger partial charge in [-0.05, 0) is 38.7 Å². The molecule has 1 heterocycles. The molecule has 1 aromatic carbocycles. The second-order valence-corrected chi connectivity index (χ2v) is 6.05. The first-order chi connectivity index (χ1) is 10.8. The highest BCUT2D eigenvalue weighted by atomic mass is 16.3.